The predicted octanol–water partition coefficient (Wildman–Crippen LogP) is 1.79. The number of nitrogens with one attached hydrogen (secondary N) is 3. The van der Waals surface area contributed by atoms with Gasteiger partial charge in [0.15, 0.2) is 11.5 Å². The van der Waals surface area contributed by atoms with Crippen LogP contribution in [-0.2, 0) is 0 Å². The van der Waals surface area contributed by atoms with E-state index in [-0.39, 0.29) is 29.1 Å². The van der Waals surface area contributed by atoms with Gasteiger partial charge in [-0.2, -0.15) is 0 Å². The highest BCUT2D eigenvalue weighted by atomic mass is 19.1. The summed E-state index contributed by atoms with van der Waals surface area (Å²) in [6.45, 7) is 3.48. The number of hydrogen-bond acceptors (Lipinski definition) is 5. The summed E-state index contributed by atoms with van der Waals surface area (Å²) in [7, 11) is 0. The lowest BCUT2D eigenvalue weighted by Crippen LogP contribution is -2.49. The molecular weight excluding hydrogens is 391 g/mol. The first-order valence-corrected chi connectivity index (χ1v) is 9.69. The van der Waals surface area contributed by atoms with Crippen LogP contribution < -0.4 is 16.0 Å². The topological polar surface area (TPSA) is 116 Å². The molecule has 0 bridgehead atoms. The minimum atomic E-state index is -0.598. The van der Waals surface area contributed by atoms with Crippen molar-refractivity contribution in [2.75, 3.05) is 25.0 Å². The van der Waals surface area contributed by atoms with E-state index >= 15 is 0 Å². The maximum absolute atomic E-state index is 13.4. The number of rotatable bonds is 5. The second-order valence-electron chi connectivity index (χ2n) is 6.79. The van der Waals surface area contributed by atoms with Crippen LogP contribution in [0.15, 0.2) is 36.7 Å². The quantitative estimate of drug-likeness (QED) is 0.690. The number of hydrogen-bond donors (Lipinski definition) is 3. The van der Waals surface area contributed by atoms with Crippen molar-refractivity contribution in [3.05, 3.63) is 53.7 Å². The van der Waals surface area contributed by atoms with E-state index in [0.717, 1.165) is 6.07 Å². The zero-order valence-electron chi connectivity index (χ0n) is 16.5. The summed E-state index contributed by atoms with van der Waals surface area (Å²) in [6, 6.07) is 4.96. The smallest absolute Gasteiger partial charge is 0.317 e. The summed E-state index contributed by atoms with van der Waals surface area (Å²) in [5.74, 6) is -1.63. The molecule has 3 rings (SSSR count). The largest absolute Gasteiger partial charge is 0.348 e. The Morgan fingerprint density at radius 1 is 1.13 bits per heavy atom. The van der Waals surface area contributed by atoms with Gasteiger partial charge in [0.25, 0.3) is 11.8 Å². The first kappa shape index (κ1) is 21.2. The van der Waals surface area contributed by atoms with Gasteiger partial charge in [-0.05, 0) is 38.0 Å². The second kappa shape index (κ2) is 9.77. The lowest BCUT2D eigenvalue weighted by atomic mass is 10.1. The Hall–Kier alpha value is -3.56. The minimum Gasteiger partial charge on any atom is -0.348 e. The average Bonchev–Trinajstić information content (AvgIpc) is 2.74. The Balaban J connectivity index is 1.62. The second-order valence-corrected chi connectivity index (χ2v) is 6.79. The lowest BCUT2D eigenvalue weighted by Gasteiger charge is -2.32. The summed E-state index contributed by atoms with van der Waals surface area (Å²) in [6.07, 6.45) is 3.91. The molecule has 1 aliphatic rings. The Morgan fingerprint density at radius 3 is 2.57 bits per heavy atom. The van der Waals surface area contributed by atoms with Gasteiger partial charge in [0.05, 0.1) is 0 Å². The number of aromatic nitrogens is 2. The molecule has 4 amide bonds. The van der Waals surface area contributed by atoms with Gasteiger partial charge in [-0.25, -0.2) is 19.2 Å². The molecule has 0 aliphatic carbocycles. The number of nitrogens with zero attached hydrogens (tertiary/aromatic N) is 3. The fourth-order valence-electron chi connectivity index (χ4n) is 3.15. The summed E-state index contributed by atoms with van der Waals surface area (Å²) in [4.78, 5) is 46.7. The molecule has 9 nitrogen and oxygen atoms in total. The van der Waals surface area contributed by atoms with E-state index in [1.807, 2.05) is 6.92 Å². The van der Waals surface area contributed by atoms with E-state index in [9.17, 15) is 18.8 Å². The monoisotopic (exact) mass is 414 g/mol. The summed E-state index contributed by atoms with van der Waals surface area (Å²) >= 11 is 0. The van der Waals surface area contributed by atoms with Crippen LogP contribution in [-0.4, -0.2) is 58.4 Å². The van der Waals surface area contributed by atoms with Gasteiger partial charge in [0, 0.05) is 43.6 Å². The molecule has 1 saturated heterocycles. The number of benzene rings is 1. The normalized spacial score (nSPS) is 14.1. The molecule has 0 unspecified atom stereocenters. The van der Waals surface area contributed by atoms with Crippen LogP contribution in [0.3, 0.4) is 0 Å². The van der Waals surface area contributed by atoms with Gasteiger partial charge >= 0.3 is 6.03 Å². The Morgan fingerprint density at radius 2 is 1.87 bits per heavy atom. The molecule has 0 saturated carbocycles. The van der Waals surface area contributed by atoms with Crippen molar-refractivity contribution in [1.82, 2.24) is 25.5 Å². The molecule has 158 valence electrons. The maximum Gasteiger partial charge on any atom is 0.317 e. The van der Waals surface area contributed by atoms with Gasteiger partial charge in [-0.1, -0.05) is 6.07 Å². The number of piperidine rings is 1. The number of amides is 4. The van der Waals surface area contributed by atoms with Crippen LogP contribution in [0.2, 0.25) is 0 Å². The standard InChI is InChI=1S/C20H23FN6O3/c1-2-22-20(30)27-10-6-15(7-11-27)25-19(29)16-17(24-9-8-23-16)26-18(28)13-4-3-5-14(21)12-13/h3-5,8-9,12,15H,2,6-7,10-11H2,1H3,(H,22,30)(H,25,29)(H,24,26,28). The Labute approximate surface area is 173 Å². The number of carbonyl (C=O) groups is 3. The number of urea groups is 1. The van der Waals surface area contributed by atoms with E-state index in [1.165, 1.54) is 30.6 Å². The van der Waals surface area contributed by atoms with Crippen molar-refractivity contribution < 1.29 is 18.8 Å². The molecule has 0 atom stereocenters. The fraction of sp³-hybridized carbons (Fsp3) is 0.350. The molecule has 10 heteroatoms. The third-order valence-electron chi connectivity index (χ3n) is 4.68. The molecule has 1 aromatic carbocycles. The van der Waals surface area contributed by atoms with Gasteiger partial charge < -0.3 is 20.9 Å². The molecule has 1 aliphatic heterocycles. The van der Waals surface area contributed by atoms with Crippen LogP contribution in [0.25, 0.3) is 0 Å². The minimum absolute atomic E-state index is 0.0102. The Kier molecular flexibility index (Phi) is 6.89. The van der Waals surface area contributed by atoms with Crippen LogP contribution in [0, 0.1) is 5.82 Å². The van der Waals surface area contributed by atoms with Gasteiger partial charge in [-0.15, -0.1) is 0 Å². The van der Waals surface area contributed by atoms with Crippen LogP contribution in [0.4, 0.5) is 15.0 Å². The summed E-state index contributed by atoms with van der Waals surface area (Å²) in [5, 5.41) is 8.14. The zero-order valence-corrected chi connectivity index (χ0v) is 16.5. The first-order valence-electron chi connectivity index (χ1n) is 9.69. The summed E-state index contributed by atoms with van der Waals surface area (Å²) < 4.78 is 13.4. The number of likely N-dealkylation sites (tertiary alicyclic amines) is 1. The maximum atomic E-state index is 13.4. The van der Waals surface area contributed by atoms with Crippen LogP contribution in [0.5, 0.6) is 0 Å². The Bertz CT molecular complexity index is 930. The molecule has 2 heterocycles. The third kappa shape index (κ3) is 5.28. The molecule has 1 aromatic heterocycles. The van der Waals surface area contributed by atoms with E-state index < -0.39 is 17.6 Å². The number of halogens is 1. The van der Waals surface area contributed by atoms with Crippen molar-refractivity contribution in [3.63, 3.8) is 0 Å². The highest BCUT2D eigenvalue weighted by molar-refractivity contribution is 6.07. The van der Waals surface area contributed by atoms with E-state index in [1.54, 1.807) is 4.90 Å². The molecule has 0 spiro atoms. The molecule has 30 heavy (non-hydrogen) atoms. The summed E-state index contributed by atoms with van der Waals surface area (Å²) in [5.41, 5.74) is 0.0677. The molecule has 2 aromatic rings. The van der Waals surface area contributed by atoms with Crippen molar-refractivity contribution in [2.45, 2.75) is 25.8 Å². The van der Waals surface area contributed by atoms with E-state index in [4.69, 9.17) is 0 Å². The zero-order chi connectivity index (χ0) is 21.5. The van der Waals surface area contributed by atoms with Gasteiger partial charge in [-0.3, -0.25) is 9.59 Å². The van der Waals surface area contributed by atoms with Crippen LogP contribution >= 0.6 is 0 Å². The molecule has 0 radical (unpaired) electrons. The molecule has 1 fully saturated rings. The molecular formula is C20H23FN6O3. The lowest BCUT2D eigenvalue weighted by molar-refractivity contribution is 0.0913. The SMILES string of the molecule is CCNC(=O)N1CCC(NC(=O)c2nccnc2NC(=O)c2cccc(F)c2)CC1. The first-order chi connectivity index (χ1) is 14.5. The predicted molar refractivity (Wildman–Crippen MR) is 108 cm³/mol. The van der Waals surface area contributed by atoms with Crippen molar-refractivity contribution in [3.8, 4) is 0 Å². The number of anilines is 1. The highest BCUT2D eigenvalue weighted by Gasteiger charge is 2.25. The number of carbonyl (C=O) groups excluding carboxylic acids is 3. The average molecular weight is 414 g/mol. The molecule has 3 N–H and O–H groups in total. The van der Waals surface area contributed by atoms with Crippen molar-refractivity contribution in [2.24, 2.45) is 0 Å². The highest BCUT2D eigenvalue weighted by Crippen LogP contribution is 2.15. The van der Waals surface area contributed by atoms with E-state index in [0.29, 0.717) is 32.5 Å². The van der Waals surface area contributed by atoms with E-state index in [2.05, 4.69) is 25.9 Å². The van der Waals surface area contributed by atoms with Gasteiger partial charge in [0.2, 0.25) is 0 Å². The third-order valence-corrected chi connectivity index (χ3v) is 4.68. The van der Waals surface area contributed by atoms with Gasteiger partial charge in [0.1, 0.15) is 5.82 Å². The van der Waals surface area contributed by atoms with Crippen molar-refractivity contribution >= 4 is 23.7 Å². The van der Waals surface area contributed by atoms with Crippen molar-refractivity contribution in [1.29, 1.82) is 0 Å². The van der Waals surface area contributed by atoms with Crippen LogP contribution in [0.1, 0.15) is 40.6 Å². The fourth-order valence-corrected chi connectivity index (χ4v) is 3.15.